The SMILES string of the molecule is CC[S+](CC)C(C)C([O-])c1ccc2ccccc2n1. The van der Waals surface area contributed by atoms with Gasteiger partial charge in [-0.15, -0.1) is 0 Å². The normalized spacial score (nSPS) is 14.8. The van der Waals surface area contributed by atoms with Gasteiger partial charge in [0.2, 0.25) is 0 Å². The Morgan fingerprint density at radius 1 is 1.11 bits per heavy atom. The lowest BCUT2D eigenvalue weighted by Gasteiger charge is -2.28. The summed E-state index contributed by atoms with van der Waals surface area (Å²) in [6, 6.07) is 11.8. The molecule has 0 aliphatic heterocycles. The van der Waals surface area contributed by atoms with Gasteiger partial charge in [-0.25, -0.2) is 0 Å². The third-order valence-corrected chi connectivity index (χ3v) is 6.39. The van der Waals surface area contributed by atoms with Crippen LogP contribution in [0.2, 0.25) is 0 Å². The summed E-state index contributed by atoms with van der Waals surface area (Å²) in [6.45, 7) is 6.41. The Hall–Kier alpha value is -1.06. The average Bonchev–Trinajstić information content (AvgIpc) is 2.47. The monoisotopic (exact) mass is 275 g/mol. The molecule has 0 fully saturated rings. The van der Waals surface area contributed by atoms with Crippen molar-refractivity contribution < 1.29 is 5.11 Å². The summed E-state index contributed by atoms with van der Waals surface area (Å²) in [5.74, 6) is 2.17. The molecule has 2 nitrogen and oxygen atoms in total. The quantitative estimate of drug-likeness (QED) is 0.787. The van der Waals surface area contributed by atoms with Crippen molar-refractivity contribution >= 4 is 21.8 Å². The zero-order chi connectivity index (χ0) is 13.8. The molecule has 0 saturated carbocycles. The molecule has 1 heterocycles. The minimum Gasteiger partial charge on any atom is -0.844 e. The van der Waals surface area contributed by atoms with E-state index >= 15 is 0 Å². The van der Waals surface area contributed by atoms with Gasteiger partial charge in [0.25, 0.3) is 0 Å². The van der Waals surface area contributed by atoms with E-state index < -0.39 is 6.10 Å². The molecule has 2 rings (SSSR count). The van der Waals surface area contributed by atoms with Crippen LogP contribution in [-0.4, -0.2) is 21.7 Å². The standard InChI is InChI=1S/C16H21NOS/c1-4-19(5-2)12(3)16(18)15-11-10-13-8-6-7-9-14(13)17-15/h6-12,16H,4-5H2,1-3H3. The fraction of sp³-hybridized carbons (Fsp3) is 0.438. The number of fused-ring (bicyclic) bond motifs is 1. The minimum absolute atomic E-state index is 0.156. The lowest BCUT2D eigenvalue weighted by atomic mass is 10.1. The van der Waals surface area contributed by atoms with Crippen molar-refractivity contribution in [3.63, 3.8) is 0 Å². The van der Waals surface area contributed by atoms with E-state index in [-0.39, 0.29) is 16.1 Å². The van der Waals surface area contributed by atoms with Crippen molar-refractivity contribution in [2.24, 2.45) is 0 Å². The first-order valence-corrected chi connectivity index (χ1v) is 8.47. The Morgan fingerprint density at radius 2 is 1.79 bits per heavy atom. The Balaban J connectivity index is 2.28. The molecule has 0 N–H and O–H groups in total. The van der Waals surface area contributed by atoms with Crippen molar-refractivity contribution in [1.29, 1.82) is 0 Å². The molecule has 2 atom stereocenters. The first-order valence-electron chi connectivity index (χ1n) is 6.85. The van der Waals surface area contributed by atoms with Gasteiger partial charge in [-0.3, -0.25) is 4.98 Å². The van der Waals surface area contributed by atoms with Gasteiger partial charge >= 0.3 is 0 Å². The minimum atomic E-state index is -0.715. The smallest absolute Gasteiger partial charge is 0.108 e. The summed E-state index contributed by atoms with van der Waals surface area (Å²) in [5.41, 5.74) is 1.60. The lowest BCUT2D eigenvalue weighted by Crippen LogP contribution is -2.36. The number of hydrogen-bond donors (Lipinski definition) is 0. The van der Waals surface area contributed by atoms with Crippen LogP contribution >= 0.6 is 0 Å². The summed E-state index contributed by atoms with van der Waals surface area (Å²) in [5, 5.41) is 13.8. The maximum atomic E-state index is 12.6. The summed E-state index contributed by atoms with van der Waals surface area (Å²) < 4.78 is 0. The van der Waals surface area contributed by atoms with Crippen molar-refractivity contribution in [2.75, 3.05) is 11.5 Å². The molecule has 3 heteroatoms. The Kier molecular flexibility index (Phi) is 4.83. The molecule has 0 spiro atoms. The second-order valence-corrected chi connectivity index (χ2v) is 7.64. The molecule has 1 aromatic carbocycles. The Morgan fingerprint density at radius 3 is 2.47 bits per heavy atom. The van der Waals surface area contributed by atoms with Crippen molar-refractivity contribution in [3.8, 4) is 0 Å². The van der Waals surface area contributed by atoms with Crippen LogP contribution < -0.4 is 5.11 Å². The average molecular weight is 275 g/mol. The number of hydrogen-bond acceptors (Lipinski definition) is 2. The van der Waals surface area contributed by atoms with Gasteiger partial charge in [0.05, 0.1) is 5.52 Å². The molecule has 0 radical (unpaired) electrons. The number of nitrogens with zero attached hydrogens (tertiary/aromatic N) is 1. The molecule has 0 bridgehead atoms. The van der Waals surface area contributed by atoms with Gasteiger partial charge in [-0.05, 0) is 49.9 Å². The van der Waals surface area contributed by atoms with E-state index in [2.05, 4.69) is 25.8 Å². The third-order valence-electron chi connectivity index (χ3n) is 3.61. The highest BCUT2D eigenvalue weighted by atomic mass is 32.2. The highest BCUT2D eigenvalue weighted by molar-refractivity contribution is 7.97. The van der Waals surface area contributed by atoms with Gasteiger partial charge < -0.3 is 5.11 Å². The van der Waals surface area contributed by atoms with Crippen LogP contribution in [0.3, 0.4) is 0 Å². The molecule has 0 amide bonds. The predicted octanol–water partition coefficient (Wildman–Crippen LogP) is 2.68. The molecule has 19 heavy (non-hydrogen) atoms. The van der Waals surface area contributed by atoms with Gasteiger partial charge in [-0.1, -0.05) is 24.3 Å². The van der Waals surface area contributed by atoms with Gasteiger partial charge in [0.15, 0.2) is 0 Å². The molecule has 2 aromatic rings. The van der Waals surface area contributed by atoms with E-state index in [9.17, 15) is 5.11 Å². The molecule has 0 aliphatic carbocycles. The Labute approximate surface area is 118 Å². The first-order chi connectivity index (χ1) is 9.17. The van der Waals surface area contributed by atoms with Crippen LogP contribution in [0.5, 0.6) is 0 Å². The van der Waals surface area contributed by atoms with Gasteiger partial charge in [-0.2, -0.15) is 0 Å². The van der Waals surface area contributed by atoms with E-state index in [4.69, 9.17) is 0 Å². The molecule has 102 valence electrons. The maximum Gasteiger partial charge on any atom is 0.108 e. The molecule has 0 aliphatic rings. The third kappa shape index (κ3) is 3.10. The summed E-state index contributed by atoms with van der Waals surface area (Å²) in [4.78, 5) is 4.54. The van der Waals surface area contributed by atoms with Crippen LogP contribution in [0.4, 0.5) is 0 Å². The van der Waals surface area contributed by atoms with Gasteiger partial charge in [0, 0.05) is 11.1 Å². The van der Waals surface area contributed by atoms with Gasteiger partial charge in [0.1, 0.15) is 16.8 Å². The highest BCUT2D eigenvalue weighted by Crippen LogP contribution is 2.22. The second kappa shape index (κ2) is 6.40. The van der Waals surface area contributed by atoms with Crippen molar-refractivity contribution in [3.05, 3.63) is 42.1 Å². The van der Waals surface area contributed by atoms with Crippen LogP contribution in [0.25, 0.3) is 10.9 Å². The second-order valence-electron chi connectivity index (χ2n) is 4.67. The lowest BCUT2D eigenvalue weighted by molar-refractivity contribution is -0.426. The van der Waals surface area contributed by atoms with E-state index in [0.717, 1.165) is 22.4 Å². The number of rotatable bonds is 5. The Bertz CT molecular complexity index is 539. The van der Waals surface area contributed by atoms with Crippen LogP contribution in [0.15, 0.2) is 36.4 Å². The fourth-order valence-electron chi connectivity index (χ4n) is 2.39. The van der Waals surface area contributed by atoms with E-state index in [0.29, 0.717) is 5.69 Å². The highest BCUT2D eigenvalue weighted by Gasteiger charge is 2.25. The van der Waals surface area contributed by atoms with Crippen LogP contribution in [0, 0.1) is 0 Å². The van der Waals surface area contributed by atoms with Crippen LogP contribution in [-0.2, 0) is 10.9 Å². The maximum absolute atomic E-state index is 12.6. The predicted molar refractivity (Wildman–Crippen MR) is 82.4 cm³/mol. The number of para-hydroxylation sites is 1. The molecule has 0 saturated heterocycles. The molecule has 2 unspecified atom stereocenters. The fourth-order valence-corrected chi connectivity index (χ4v) is 4.33. The van der Waals surface area contributed by atoms with Crippen molar-refractivity contribution in [1.82, 2.24) is 4.98 Å². The zero-order valence-corrected chi connectivity index (χ0v) is 12.6. The number of aromatic nitrogens is 1. The summed E-state index contributed by atoms with van der Waals surface area (Å²) >= 11 is 0. The topological polar surface area (TPSA) is 36.0 Å². The van der Waals surface area contributed by atoms with Crippen LogP contribution in [0.1, 0.15) is 32.6 Å². The summed E-state index contributed by atoms with van der Waals surface area (Å²) in [6.07, 6.45) is -0.715. The van der Waals surface area contributed by atoms with E-state index in [1.54, 1.807) is 0 Å². The van der Waals surface area contributed by atoms with Crippen molar-refractivity contribution in [2.45, 2.75) is 32.1 Å². The number of benzene rings is 1. The zero-order valence-electron chi connectivity index (χ0n) is 11.8. The first kappa shape index (κ1) is 14.4. The molecular formula is C16H21NOS. The van der Waals surface area contributed by atoms with E-state index in [1.807, 2.05) is 36.4 Å². The van der Waals surface area contributed by atoms with E-state index in [1.165, 1.54) is 0 Å². The molecular weight excluding hydrogens is 254 g/mol. The molecule has 1 aromatic heterocycles. The summed E-state index contributed by atoms with van der Waals surface area (Å²) in [7, 11) is 0.200. The number of pyridine rings is 1. The largest absolute Gasteiger partial charge is 0.844 e.